The number of carbonyl (C=O) groups is 1. The molecular weight excluding hydrogens is 354 g/mol. The van der Waals surface area contributed by atoms with Gasteiger partial charge in [0.2, 0.25) is 5.91 Å². The average Bonchev–Trinajstić information content (AvgIpc) is 2.97. The van der Waals surface area contributed by atoms with Crippen molar-refractivity contribution < 1.29 is 4.79 Å². The average molecular weight is 372 g/mol. The normalized spacial score (nSPS) is 10.5. The number of amides is 1. The first-order chi connectivity index (χ1) is 12.0. The Bertz CT molecular complexity index is 907. The lowest BCUT2D eigenvalue weighted by Gasteiger charge is -2.08. The number of aryl methyl sites for hydroxylation is 2. The minimum Gasteiger partial charge on any atom is -0.331 e. The van der Waals surface area contributed by atoms with Crippen LogP contribution in [0, 0.1) is 13.8 Å². The van der Waals surface area contributed by atoms with Crippen molar-refractivity contribution in [3.8, 4) is 0 Å². The van der Waals surface area contributed by atoms with E-state index in [-0.39, 0.29) is 12.3 Å². The number of benzene rings is 2. The standard InChI is InChI=1S/C19H18ClN3OS/c1-12-6-7-13(2)17(8-12)23-18(24)10-16-11-25-19(22-16)21-15-5-3-4-14(20)9-15/h3-9,11H,10H2,1-2H3,(H,21,22)(H,23,24). The molecule has 0 fully saturated rings. The molecule has 6 heteroatoms. The van der Waals surface area contributed by atoms with Gasteiger partial charge in [-0.3, -0.25) is 4.79 Å². The highest BCUT2D eigenvalue weighted by atomic mass is 35.5. The van der Waals surface area contributed by atoms with Crippen molar-refractivity contribution in [3.05, 3.63) is 69.7 Å². The van der Waals surface area contributed by atoms with Crippen LogP contribution in [0.4, 0.5) is 16.5 Å². The highest BCUT2D eigenvalue weighted by Crippen LogP contribution is 2.23. The Balaban J connectivity index is 1.62. The van der Waals surface area contributed by atoms with Gasteiger partial charge >= 0.3 is 0 Å². The number of anilines is 3. The maximum absolute atomic E-state index is 12.3. The maximum atomic E-state index is 12.3. The van der Waals surface area contributed by atoms with Crippen molar-refractivity contribution in [2.24, 2.45) is 0 Å². The van der Waals surface area contributed by atoms with E-state index >= 15 is 0 Å². The van der Waals surface area contributed by atoms with E-state index < -0.39 is 0 Å². The minimum atomic E-state index is -0.0756. The summed E-state index contributed by atoms with van der Waals surface area (Å²) >= 11 is 7.43. The fourth-order valence-electron chi connectivity index (χ4n) is 2.36. The Morgan fingerprint density at radius 3 is 2.84 bits per heavy atom. The van der Waals surface area contributed by atoms with Gasteiger partial charge in [0.1, 0.15) is 0 Å². The summed E-state index contributed by atoms with van der Waals surface area (Å²) in [6.45, 7) is 3.98. The summed E-state index contributed by atoms with van der Waals surface area (Å²) in [5.74, 6) is -0.0756. The molecule has 2 N–H and O–H groups in total. The quantitative estimate of drug-likeness (QED) is 0.636. The summed E-state index contributed by atoms with van der Waals surface area (Å²) in [5.41, 5.74) is 4.60. The molecule has 1 amide bonds. The number of rotatable bonds is 5. The maximum Gasteiger partial charge on any atom is 0.230 e. The molecule has 1 heterocycles. The van der Waals surface area contributed by atoms with Crippen LogP contribution in [0.25, 0.3) is 0 Å². The first-order valence-corrected chi connectivity index (χ1v) is 9.09. The number of carbonyl (C=O) groups excluding carboxylic acids is 1. The molecule has 1 aromatic heterocycles. The zero-order chi connectivity index (χ0) is 17.8. The third kappa shape index (κ3) is 4.81. The Morgan fingerprint density at radius 2 is 2.04 bits per heavy atom. The fourth-order valence-corrected chi connectivity index (χ4v) is 3.29. The molecule has 0 unspecified atom stereocenters. The number of halogens is 1. The number of nitrogens with zero attached hydrogens (tertiary/aromatic N) is 1. The summed E-state index contributed by atoms with van der Waals surface area (Å²) in [5, 5.41) is 9.43. The van der Waals surface area contributed by atoms with Crippen LogP contribution in [0.5, 0.6) is 0 Å². The molecule has 0 saturated carbocycles. The van der Waals surface area contributed by atoms with E-state index in [1.54, 1.807) is 0 Å². The van der Waals surface area contributed by atoms with Crippen LogP contribution >= 0.6 is 22.9 Å². The van der Waals surface area contributed by atoms with Crippen molar-refractivity contribution in [3.63, 3.8) is 0 Å². The minimum absolute atomic E-state index is 0.0756. The summed E-state index contributed by atoms with van der Waals surface area (Å²) < 4.78 is 0. The van der Waals surface area contributed by atoms with E-state index in [1.807, 2.05) is 61.7 Å². The summed E-state index contributed by atoms with van der Waals surface area (Å²) in [4.78, 5) is 16.7. The first-order valence-electron chi connectivity index (χ1n) is 7.84. The van der Waals surface area contributed by atoms with Crippen molar-refractivity contribution in [2.45, 2.75) is 20.3 Å². The lowest BCUT2D eigenvalue weighted by molar-refractivity contribution is -0.115. The molecule has 4 nitrogen and oxygen atoms in total. The van der Waals surface area contributed by atoms with Crippen molar-refractivity contribution in [1.82, 2.24) is 4.98 Å². The molecule has 128 valence electrons. The molecule has 0 aliphatic heterocycles. The first kappa shape index (κ1) is 17.5. The molecule has 3 aromatic rings. The summed E-state index contributed by atoms with van der Waals surface area (Å²) in [6, 6.07) is 13.4. The van der Waals surface area contributed by atoms with E-state index in [0.717, 1.165) is 33.3 Å². The van der Waals surface area contributed by atoms with Crippen LogP contribution in [-0.2, 0) is 11.2 Å². The third-order valence-electron chi connectivity index (χ3n) is 3.64. The Hall–Kier alpha value is -2.37. The highest BCUT2D eigenvalue weighted by Gasteiger charge is 2.10. The van der Waals surface area contributed by atoms with Gasteiger partial charge in [0.05, 0.1) is 12.1 Å². The zero-order valence-electron chi connectivity index (χ0n) is 14.0. The molecule has 0 aliphatic rings. The number of aromatic nitrogens is 1. The van der Waals surface area contributed by atoms with Crippen molar-refractivity contribution in [2.75, 3.05) is 10.6 Å². The second-order valence-corrected chi connectivity index (χ2v) is 7.12. The van der Waals surface area contributed by atoms with Crippen LogP contribution in [0.2, 0.25) is 5.02 Å². The van der Waals surface area contributed by atoms with Gasteiger partial charge in [-0.1, -0.05) is 29.8 Å². The van der Waals surface area contributed by atoms with Crippen LogP contribution < -0.4 is 10.6 Å². The largest absolute Gasteiger partial charge is 0.331 e. The summed E-state index contributed by atoms with van der Waals surface area (Å²) in [6.07, 6.45) is 0.237. The van der Waals surface area contributed by atoms with E-state index in [2.05, 4.69) is 15.6 Å². The molecule has 0 aliphatic carbocycles. The molecule has 0 atom stereocenters. The summed E-state index contributed by atoms with van der Waals surface area (Å²) in [7, 11) is 0. The van der Waals surface area contributed by atoms with E-state index in [4.69, 9.17) is 11.6 Å². The fraction of sp³-hybridized carbons (Fsp3) is 0.158. The predicted octanol–water partition coefficient (Wildman–Crippen LogP) is 5.34. The lowest BCUT2D eigenvalue weighted by atomic mass is 10.1. The molecule has 0 bridgehead atoms. The van der Waals surface area contributed by atoms with Crippen LogP contribution in [0.3, 0.4) is 0 Å². The number of hydrogen-bond acceptors (Lipinski definition) is 4. The number of thiazole rings is 1. The molecule has 3 rings (SSSR count). The Kier molecular flexibility index (Phi) is 5.36. The second kappa shape index (κ2) is 7.68. The van der Waals surface area contributed by atoms with Gasteiger partial charge in [-0.25, -0.2) is 4.98 Å². The number of nitrogens with one attached hydrogen (secondary N) is 2. The van der Waals surface area contributed by atoms with Gasteiger partial charge in [0.15, 0.2) is 5.13 Å². The third-order valence-corrected chi connectivity index (χ3v) is 4.68. The van der Waals surface area contributed by atoms with Crippen LogP contribution in [0.15, 0.2) is 47.8 Å². The van der Waals surface area contributed by atoms with Gasteiger partial charge in [0, 0.05) is 21.8 Å². The molecule has 0 spiro atoms. The SMILES string of the molecule is Cc1ccc(C)c(NC(=O)Cc2csc(Nc3cccc(Cl)c3)n2)c1. The topological polar surface area (TPSA) is 54.0 Å². The van der Waals surface area contributed by atoms with E-state index in [0.29, 0.717) is 5.02 Å². The van der Waals surface area contributed by atoms with Gasteiger partial charge < -0.3 is 10.6 Å². The van der Waals surface area contributed by atoms with Gasteiger partial charge in [-0.05, 0) is 49.2 Å². The van der Waals surface area contributed by atoms with Gasteiger partial charge in [-0.15, -0.1) is 11.3 Å². The highest BCUT2D eigenvalue weighted by molar-refractivity contribution is 7.13. The van der Waals surface area contributed by atoms with E-state index in [1.165, 1.54) is 11.3 Å². The van der Waals surface area contributed by atoms with Crippen molar-refractivity contribution >= 4 is 45.4 Å². The van der Waals surface area contributed by atoms with Crippen LogP contribution in [-0.4, -0.2) is 10.9 Å². The van der Waals surface area contributed by atoms with Gasteiger partial charge in [0.25, 0.3) is 0 Å². The monoisotopic (exact) mass is 371 g/mol. The smallest absolute Gasteiger partial charge is 0.230 e. The molecule has 0 radical (unpaired) electrons. The predicted molar refractivity (Wildman–Crippen MR) is 105 cm³/mol. The van der Waals surface area contributed by atoms with Gasteiger partial charge in [-0.2, -0.15) is 0 Å². The Labute approximate surface area is 155 Å². The molecule has 0 saturated heterocycles. The Morgan fingerprint density at radius 1 is 1.20 bits per heavy atom. The van der Waals surface area contributed by atoms with Crippen molar-refractivity contribution in [1.29, 1.82) is 0 Å². The van der Waals surface area contributed by atoms with E-state index in [9.17, 15) is 4.79 Å². The van der Waals surface area contributed by atoms with Crippen LogP contribution in [0.1, 0.15) is 16.8 Å². The molecular formula is C19H18ClN3OS. The molecule has 25 heavy (non-hydrogen) atoms. The number of hydrogen-bond donors (Lipinski definition) is 2. The lowest BCUT2D eigenvalue weighted by Crippen LogP contribution is -2.15. The zero-order valence-corrected chi connectivity index (χ0v) is 15.5. The second-order valence-electron chi connectivity index (χ2n) is 5.82. The molecule has 2 aromatic carbocycles.